The second-order valence-corrected chi connectivity index (χ2v) is 4.59. The third-order valence-electron chi connectivity index (χ3n) is 3.56. The van der Waals surface area contributed by atoms with Crippen LogP contribution in [0.4, 0.5) is 0 Å². The molecule has 86 valence electrons. The van der Waals surface area contributed by atoms with Gasteiger partial charge >= 0.3 is 5.97 Å². The van der Waals surface area contributed by atoms with Crippen LogP contribution >= 0.6 is 0 Å². The molecule has 0 aromatic carbocycles. The molecule has 1 heterocycles. The summed E-state index contributed by atoms with van der Waals surface area (Å²) in [6.45, 7) is 3.65. The Hall–Kier alpha value is -0.610. The second kappa shape index (κ2) is 4.49. The minimum Gasteiger partial charge on any atom is -0.481 e. The Morgan fingerprint density at radius 3 is 3.13 bits per heavy atom. The summed E-state index contributed by atoms with van der Waals surface area (Å²) in [5.74, 6) is -0.705. The van der Waals surface area contributed by atoms with Crippen LogP contribution in [0.1, 0.15) is 32.6 Å². The lowest BCUT2D eigenvalue weighted by atomic mass is 10.1. The zero-order valence-corrected chi connectivity index (χ0v) is 9.19. The Morgan fingerprint density at radius 2 is 2.40 bits per heavy atom. The Labute approximate surface area is 90.2 Å². The molecule has 1 saturated heterocycles. The minimum atomic E-state index is -0.705. The first-order chi connectivity index (χ1) is 7.18. The summed E-state index contributed by atoms with van der Waals surface area (Å²) in [6, 6.07) is 0.602. The average molecular weight is 213 g/mol. The van der Waals surface area contributed by atoms with Crippen molar-refractivity contribution in [3.63, 3.8) is 0 Å². The van der Waals surface area contributed by atoms with Gasteiger partial charge in [0.05, 0.1) is 19.1 Å². The summed E-state index contributed by atoms with van der Waals surface area (Å²) in [4.78, 5) is 13.0. The lowest BCUT2D eigenvalue weighted by Gasteiger charge is -2.41. The molecule has 1 saturated carbocycles. The number of morpholine rings is 1. The van der Waals surface area contributed by atoms with E-state index in [0.717, 1.165) is 26.0 Å². The van der Waals surface area contributed by atoms with Gasteiger partial charge in [-0.05, 0) is 26.2 Å². The molecule has 15 heavy (non-hydrogen) atoms. The number of ether oxygens (including phenoxy) is 1. The fourth-order valence-corrected chi connectivity index (χ4v) is 2.87. The standard InChI is InChI=1S/C11H19NO3/c1-8(7-11(13)14)12-5-6-15-10-4-2-3-9(10)12/h8-10H,2-7H2,1H3,(H,13,14). The van der Waals surface area contributed by atoms with Crippen LogP contribution in [0.15, 0.2) is 0 Å². The molecule has 0 aromatic heterocycles. The Balaban J connectivity index is 1.97. The van der Waals surface area contributed by atoms with Gasteiger partial charge in [0.15, 0.2) is 0 Å². The van der Waals surface area contributed by atoms with Crippen molar-refractivity contribution in [3.05, 3.63) is 0 Å². The zero-order chi connectivity index (χ0) is 10.8. The molecule has 2 rings (SSSR count). The lowest BCUT2D eigenvalue weighted by Crippen LogP contribution is -2.52. The Kier molecular flexibility index (Phi) is 3.26. The van der Waals surface area contributed by atoms with Crippen molar-refractivity contribution in [2.24, 2.45) is 0 Å². The maximum Gasteiger partial charge on any atom is 0.304 e. The molecule has 0 aromatic rings. The largest absolute Gasteiger partial charge is 0.481 e. The molecule has 2 fully saturated rings. The molecule has 1 aliphatic heterocycles. The van der Waals surface area contributed by atoms with Crippen molar-refractivity contribution >= 4 is 5.97 Å². The SMILES string of the molecule is CC(CC(=O)O)N1CCOC2CCCC21. The van der Waals surface area contributed by atoms with Crippen LogP contribution in [0, 0.1) is 0 Å². The van der Waals surface area contributed by atoms with E-state index in [9.17, 15) is 4.79 Å². The van der Waals surface area contributed by atoms with Gasteiger partial charge in [0.2, 0.25) is 0 Å². The summed E-state index contributed by atoms with van der Waals surface area (Å²) in [6.07, 6.45) is 4.11. The molecule has 0 radical (unpaired) electrons. The van der Waals surface area contributed by atoms with Crippen LogP contribution in [-0.2, 0) is 9.53 Å². The third kappa shape index (κ3) is 2.32. The van der Waals surface area contributed by atoms with Gasteiger partial charge in [-0.15, -0.1) is 0 Å². The van der Waals surface area contributed by atoms with E-state index < -0.39 is 5.97 Å². The van der Waals surface area contributed by atoms with Crippen LogP contribution in [0.5, 0.6) is 0 Å². The highest BCUT2D eigenvalue weighted by atomic mass is 16.5. The third-order valence-corrected chi connectivity index (χ3v) is 3.56. The molecule has 4 nitrogen and oxygen atoms in total. The summed E-state index contributed by atoms with van der Waals surface area (Å²) >= 11 is 0. The van der Waals surface area contributed by atoms with E-state index in [1.165, 1.54) is 6.42 Å². The van der Waals surface area contributed by atoms with Crippen LogP contribution < -0.4 is 0 Å². The molecule has 3 unspecified atom stereocenters. The van der Waals surface area contributed by atoms with E-state index in [1.54, 1.807) is 0 Å². The fourth-order valence-electron chi connectivity index (χ4n) is 2.87. The number of nitrogens with zero attached hydrogens (tertiary/aromatic N) is 1. The number of carboxylic acids is 1. The van der Waals surface area contributed by atoms with E-state index in [2.05, 4.69) is 4.90 Å². The minimum absolute atomic E-state index is 0.136. The van der Waals surface area contributed by atoms with Crippen molar-refractivity contribution in [1.82, 2.24) is 4.90 Å². The molecule has 0 spiro atoms. The molecule has 1 N–H and O–H groups in total. The van der Waals surface area contributed by atoms with Crippen LogP contribution in [0.2, 0.25) is 0 Å². The molecule has 0 amide bonds. The maximum absolute atomic E-state index is 10.7. The van der Waals surface area contributed by atoms with E-state index in [0.29, 0.717) is 12.1 Å². The van der Waals surface area contributed by atoms with Crippen molar-refractivity contribution in [2.45, 2.75) is 50.8 Å². The Bertz CT molecular complexity index is 244. The number of rotatable bonds is 3. The van der Waals surface area contributed by atoms with Crippen molar-refractivity contribution in [2.75, 3.05) is 13.2 Å². The van der Waals surface area contributed by atoms with Gasteiger partial charge in [-0.3, -0.25) is 9.69 Å². The number of fused-ring (bicyclic) bond motifs is 1. The molecule has 2 aliphatic rings. The predicted molar refractivity (Wildman–Crippen MR) is 55.8 cm³/mol. The number of hydrogen-bond acceptors (Lipinski definition) is 3. The highest BCUT2D eigenvalue weighted by Gasteiger charge is 2.38. The van der Waals surface area contributed by atoms with E-state index in [-0.39, 0.29) is 12.5 Å². The number of carbonyl (C=O) groups is 1. The molecule has 4 heteroatoms. The molecule has 1 aliphatic carbocycles. The van der Waals surface area contributed by atoms with E-state index in [1.807, 2.05) is 6.92 Å². The van der Waals surface area contributed by atoms with Gasteiger partial charge in [0.25, 0.3) is 0 Å². The van der Waals surface area contributed by atoms with Crippen molar-refractivity contribution < 1.29 is 14.6 Å². The molecular formula is C11H19NO3. The molecular weight excluding hydrogens is 194 g/mol. The smallest absolute Gasteiger partial charge is 0.304 e. The highest BCUT2D eigenvalue weighted by molar-refractivity contribution is 5.67. The van der Waals surface area contributed by atoms with Crippen LogP contribution in [-0.4, -0.2) is 47.3 Å². The van der Waals surface area contributed by atoms with Gasteiger partial charge in [-0.25, -0.2) is 0 Å². The summed E-state index contributed by atoms with van der Waals surface area (Å²) in [7, 11) is 0. The fraction of sp³-hybridized carbons (Fsp3) is 0.909. The monoisotopic (exact) mass is 213 g/mol. The maximum atomic E-state index is 10.7. The van der Waals surface area contributed by atoms with E-state index >= 15 is 0 Å². The van der Waals surface area contributed by atoms with Crippen molar-refractivity contribution in [1.29, 1.82) is 0 Å². The van der Waals surface area contributed by atoms with Crippen molar-refractivity contribution in [3.8, 4) is 0 Å². The number of hydrogen-bond donors (Lipinski definition) is 1. The zero-order valence-electron chi connectivity index (χ0n) is 9.19. The van der Waals surface area contributed by atoms with Gasteiger partial charge in [-0.2, -0.15) is 0 Å². The summed E-state index contributed by atoms with van der Waals surface area (Å²) in [5, 5.41) is 8.80. The van der Waals surface area contributed by atoms with Crippen LogP contribution in [0.3, 0.4) is 0 Å². The number of carboxylic acid groups (broad SMARTS) is 1. The van der Waals surface area contributed by atoms with E-state index in [4.69, 9.17) is 9.84 Å². The molecule has 3 atom stereocenters. The topological polar surface area (TPSA) is 49.8 Å². The summed E-state index contributed by atoms with van der Waals surface area (Å²) in [5.41, 5.74) is 0. The van der Waals surface area contributed by atoms with Gasteiger partial charge in [0.1, 0.15) is 0 Å². The van der Waals surface area contributed by atoms with Gasteiger partial charge in [0, 0.05) is 18.6 Å². The highest BCUT2D eigenvalue weighted by Crippen LogP contribution is 2.31. The average Bonchev–Trinajstić information content (AvgIpc) is 2.63. The Morgan fingerprint density at radius 1 is 1.60 bits per heavy atom. The van der Waals surface area contributed by atoms with Gasteiger partial charge in [-0.1, -0.05) is 0 Å². The summed E-state index contributed by atoms with van der Waals surface area (Å²) < 4.78 is 5.70. The predicted octanol–water partition coefficient (Wildman–Crippen LogP) is 1.10. The first kappa shape index (κ1) is 10.9. The quantitative estimate of drug-likeness (QED) is 0.762. The normalized spacial score (nSPS) is 33.7. The first-order valence-corrected chi connectivity index (χ1v) is 5.77. The second-order valence-electron chi connectivity index (χ2n) is 4.59. The number of aliphatic carboxylic acids is 1. The molecule has 0 bridgehead atoms. The van der Waals surface area contributed by atoms with Gasteiger partial charge < -0.3 is 9.84 Å². The lowest BCUT2D eigenvalue weighted by molar-refractivity contribution is -0.140. The van der Waals surface area contributed by atoms with Crippen LogP contribution in [0.25, 0.3) is 0 Å². The first-order valence-electron chi connectivity index (χ1n) is 5.77.